The van der Waals surface area contributed by atoms with E-state index < -0.39 is 6.03 Å². The first-order chi connectivity index (χ1) is 10.5. The second-order valence-electron chi connectivity index (χ2n) is 5.02. The normalized spacial score (nSPS) is 16.3. The first-order valence-electron chi connectivity index (χ1n) is 6.74. The van der Waals surface area contributed by atoms with Gasteiger partial charge in [0.1, 0.15) is 5.70 Å². The van der Waals surface area contributed by atoms with Crippen molar-refractivity contribution < 1.29 is 9.59 Å². The van der Waals surface area contributed by atoms with Crippen LogP contribution in [-0.4, -0.2) is 11.9 Å². The Morgan fingerprint density at radius 3 is 2.27 bits per heavy atom. The van der Waals surface area contributed by atoms with Crippen molar-refractivity contribution in [3.8, 4) is 0 Å². The molecule has 0 bridgehead atoms. The first-order valence-corrected chi connectivity index (χ1v) is 7.12. The number of urea groups is 1. The van der Waals surface area contributed by atoms with Crippen LogP contribution in [0.4, 0.5) is 10.5 Å². The lowest BCUT2D eigenvalue weighted by Crippen LogP contribution is -2.30. The lowest BCUT2D eigenvalue weighted by atomic mass is 10.1. The van der Waals surface area contributed by atoms with Gasteiger partial charge in [-0.15, -0.1) is 0 Å². The minimum atomic E-state index is -0.467. The van der Waals surface area contributed by atoms with Crippen molar-refractivity contribution in [1.29, 1.82) is 0 Å². The molecule has 4 nitrogen and oxygen atoms in total. The molecule has 0 aliphatic carbocycles. The Hall–Kier alpha value is -2.59. The van der Waals surface area contributed by atoms with E-state index in [0.29, 0.717) is 10.7 Å². The smallest absolute Gasteiger partial charge is 0.302 e. The fourth-order valence-corrected chi connectivity index (χ4v) is 2.32. The highest BCUT2D eigenvalue weighted by molar-refractivity contribution is 6.31. The van der Waals surface area contributed by atoms with Gasteiger partial charge < -0.3 is 5.32 Å². The molecule has 0 atom stereocenters. The fourth-order valence-electron chi connectivity index (χ4n) is 2.19. The van der Waals surface area contributed by atoms with Crippen LogP contribution in [0.15, 0.2) is 54.2 Å². The van der Waals surface area contributed by atoms with E-state index in [9.17, 15) is 9.59 Å². The number of amides is 3. The van der Waals surface area contributed by atoms with Crippen LogP contribution in [0.3, 0.4) is 0 Å². The molecule has 0 radical (unpaired) electrons. The molecule has 5 heteroatoms. The maximum atomic E-state index is 12.4. The van der Waals surface area contributed by atoms with Gasteiger partial charge in [-0.2, -0.15) is 0 Å². The van der Waals surface area contributed by atoms with Gasteiger partial charge in [-0.3, -0.25) is 4.79 Å². The maximum Gasteiger partial charge on any atom is 0.333 e. The zero-order chi connectivity index (χ0) is 15.7. The number of halogens is 1. The van der Waals surface area contributed by atoms with Crippen molar-refractivity contribution in [2.24, 2.45) is 0 Å². The third kappa shape index (κ3) is 2.73. The second-order valence-corrected chi connectivity index (χ2v) is 5.45. The van der Waals surface area contributed by atoms with Crippen LogP contribution in [0, 0.1) is 6.92 Å². The fraction of sp³-hybridized carbons (Fsp3) is 0.0588. The molecule has 2 aromatic carbocycles. The molecule has 0 saturated carbocycles. The summed E-state index contributed by atoms with van der Waals surface area (Å²) >= 11 is 5.82. The number of hydrogen-bond donors (Lipinski definition) is 1. The minimum Gasteiger partial charge on any atom is -0.302 e. The standard InChI is InChI=1S/C17H13ClN2O2/c1-11-2-4-12(5-3-11)10-15-16(21)20(17(22)19-15)14-8-6-13(18)7-9-14/h2-10H,1H3,(H,19,22)/b15-10-. The highest BCUT2D eigenvalue weighted by Crippen LogP contribution is 2.23. The number of hydrogen-bond acceptors (Lipinski definition) is 2. The van der Waals surface area contributed by atoms with Gasteiger partial charge in [-0.1, -0.05) is 41.4 Å². The summed E-state index contributed by atoms with van der Waals surface area (Å²) in [6.07, 6.45) is 1.66. The number of aryl methyl sites for hydroxylation is 1. The van der Waals surface area contributed by atoms with Gasteiger partial charge in [-0.05, 0) is 42.8 Å². The Bertz CT molecular complexity index is 764. The Morgan fingerprint density at radius 2 is 1.64 bits per heavy atom. The van der Waals surface area contributed by atoms with Gasteiger partial charge in [0.2, 0.25) is 0 Å². The van der Waals surface area contributed by atoms with Gasteiger partial charge in [0.25, 0.3) is 5.91 Å². The predicted octanol–water partition coefficient (Wildman–Crippen LogP) is 3.75. The van der Waals surface area contributed by atoms with E-state index in [-0.39, 0.29) is 11.6 Å². The molecule has 110 valence electrons. The van der Waals surface area contributed by atoms with E-state index in [1.165, 1.54) is 0 Å². The molecule has 1 aliphatic rings. The molecule has 22 heavy (non-hydrogen) atoms. The number of carbonyl (C=O) groups excluding carboxylic acids is 2. The summed E-state index contributed by atoms with van der Waals surface area (Å²) in [6, 6.07) is 13.8. The summed E-state index contributed by atoms with van der Waals surface area (Å²) in [7, 11) is 0. The van der Waals surface area contributed by atoms with Crippen molar-refractivity contribution in [3.05, 3.63) is 70.4 Å². The van der Waals surface area contributed by atoms with Gasteiger partial charge in [0, 0.05) is 5.02 Å². The Balaban J connectivity index is 1.91. The molecule has 1 heterocycles. The zero-order valence-electron chi connectivity index (χ0n) is 11.8. The molecular weight excluding hydrogens is 300 g/mol. The van der Waals surface area contributed by atoms with Gasteiger partial charge in [0.15, 0.2) is 0 Å². The van der Waals surface area contributed by atoms with Gasteiger partial charge >= 0.3 is 6.03 Å². The van der Waals surface area contributed by atoms with Crippen LogP contribution in [0.1, 0.15) is 11.1 Å². The number of benzene rings is 2. The largest absolute Gasteiger partial charge is 0.333 e. The topological polar surface area (TPSA) is 49.4 Å². The van der Waals surface area contributed by atoms with Crippen molar-refractivity contribution in [2.45, 2.75) is 6.92 Å². The Kier molecular flexibility index (Phi) is 3.69. The quantitative estimate of drug-likeness (QED) is 0.678. The van der Waals surface area contributed by atoms with Crippen LogP contribution < -0.4 is 10.2 Å². The monoisotopic (exact) mass is 312 g/mol. The highest BCUT2D eigenvalue weighted by Gasteiger charge is 2.34. The molecule has 1 saturated heterocycles. The predicted molar refractivity (Wildman–Crippen MR) is 86.6 cm³/mol. The number of anilines is 1. The van der Waals surface area contributed by atoms with Crippen LogP contribution in [0.2, 0.25) is 5.02 Å². The third-order valence-electron chi connectivity index (χ3n) is 3.35. The number of nitrogens with one attached hydrogen (secondary N) is 1. The molecule has 1 aliphatic heterocycles. The van der Waals surface area contributed by atoms with Crippen LogP contribution >= 0.6 is 11.6 Å². The Morgan fingerprint density at radius 1 is 1.00 bits per heavy atom. The lowest BCUT2D eigenvalue weighted by Gasteiger charge is -2.11. The molecule has 0 unspecified atom stereocenters. The number of rotatable bonds is 2. The molecule has 1 N–H and O–H groups in total. The van der Waals surface area contributed by atoms with Crippen LogP contribution in [-0.2, 0) is 4.79 Å². The van der Waals surface area contributed by atoms with Crippen molar-refractivity contribution in [2.75, 3.05) is 4.90 Å². The van der Waals surface area contributed by atoms with Crippen molar-refractivity contribution in [1.82, 2.24) is 5.32 Å². The van der Waals surface area contributed by atoms with E-state index in [0.717, 1.165) is 16.0 Å². The molecule has 0 aromatic heterocycles. The third-order valence-corrected chi connectivity index (χ3v) is 3.60. The van der Waals surface area contributed by atoms with Crippen LogP contribution in [0.25, 0.3) is 6.08 Å². The molecule has 1 fully saturated rings. The second kappa shape index (κ2) is 5.66. The summed E-state index contributed by atoms with van der Waals surface area (Å²) in [6.45, 7) is 1.99. The van der Waals surface area contributed by atoms with Crippen molar-refractivity contribution in [3.63, 3.8) is 0 Å². The SMILES string of the molecule is Cc1ccc(/C=C2\NC(=O)N(c3ccc(Cl)cc3)C2=O)cc1. The summed E-state index contributed by atoms with van der Waals surface area (Å²) < 4.78 is 0. The average Bonchev–Trinajstić information content (AvgIpc) is 2.77. The molecule has 0 spiro atoms. The summed E-state index contributed by atoms with van der Waals surface area (Å²) in [5, 5.41) is 3.14. The lowest BCUT2D eigenvalue weighted by molar-refractivity contribution is -0.113. The number of imide groups is 1. The van der Waals surface area contributed by atoms with Gasteiger partial charge in [0.05, 0.1) is 5.69 Å². The van der Waals surface area contributed by atoms with Crippen molar-refractivity contribution >= 4 is 35.3 Å². The highest BCUT2D eigenvalue weighted by atomic mass is 35.5. The van der Waals surface area contributed by atoms with Crippen LogP contribution in [0.5, 0.6) is 0 Å². The molecule has 2 aromatic rings. The summed E-state index contributed by atoms with van der Waals surface area (Å²) in [5.74, 6) is -0.382. The van der Waals surface area contributed by atoms with E-state index in [4.69, 9.17) is 11.6 Å². The number of carbonyl (C=O) groups is 2. The Labute approximate surface area is 133 Å². The molecule has 3 rings (SSSR count). The van der Waals surface area contributed by atoms with E-state index >= 15 is 0 Å². The van der Waals surface area contributed by atoms with E-state index in [1.807, 2.05) is 31.2 Å². The van der Waals surface area contributed by atoms with E-state index in [2.05, 4.69) is 5.32 Å². The van der Waals surface area contributed by atoms with Gasteiger partial charge in [-0.25, -0.2) is 9.69 Å². The molecular formula is C17H13ClN2O2. The maximum absolute atomic E-state index is 12.4. The average molecular weight is 313 g/mol. The zero-order valence-corrected chi connectivity index (χ0v) is 12.6. The van der Waals surface area contributed by atoms with E-state index in [1.54, 1.807) is 30.3 Å². The minimum absolute atomic E-state index is 0.254. The number of nitrogens with zero attached hydrogens (tertiary/aromatic N) is 1. The first kappa shape index (κ1) is 14.4. The summed E-state index contributed by atoms with van der Waals surface area (Å²) in [5.41, 5.74) is 2.72. The summed E-state index contributed by atoms with van der Waals surface area (Å²) in [4.78, 5) is 25.6. The molecule has 3 amide bonds.